The molecule has 150 valence electrons. The van der Waals surface area contributed by atoms with Crippen LogP contribution in [0.2, 0.25) is 10.0 Å². The first kappa shape index (κ1) is 21.9. The van der Waals surface area contributed by atoms with E-state index in [-0.39, 0.29) is 27.9 Å². The van der Waals surface area contributed by atoms with Gasteiger partial charge in [-0.05, 0) is 19.1 Å². The van der Waals surface area contributed by atoms with E-state index in [1.165, 1.54) is 17.3 Å². The van der Waals surface area contributed by atoms with Crippen molar-refractivity contribution in [3.05, 3.63) is 33.8 Å². The molecule has 1 aromatic carbocycles. The molecule has 8 nitrogen and oxygen atoms in total. The van der Waals surface area contributed by atoms with Gasteiger partial charge < -0.3 is 15.4 Å². The molecule has 1 aliphatic rings. The number of amides is 2. The van der Waals surface area contributed by atoms with Gasteiger partial charge in [-0.2, -0.15) is 4.31 Å². The van der Waals surface area contributed by atoms with Crippen molar-refractivity contribution < 1.29 is 22.7 Å². The van der Waals surface area contributed by atoms with Gasteiger partial charge in [-0.25, -0.2) is 8.42 Å². The molecule has 1 aliphatic heterocycles. The van der Waals surface area contributed by atoms with Crippen LogP contribution in [0, 0.1) is 0 Å². The van der Waals surface area contributed by atoms with E-state index >= 15 is 0 Å². The van der Waals surface area contributed by atoms with E-state index in [2.05, 4.69) is 10.6 Å². The van der Waals surface area contributed by atoms with E-state index in [0.29, 0.717) is 26.3 Å². The molecule has 11 heteroatoms. The molecular weight excluding hydrogens is 417 g/mol. The molecule has 0 bridgehead atoms. The Kier molecular flexibility index (Phi) is 7.87. The normalized spacial score (nSPS) is 16.6. The minimum atomic E-state index is -3.46. The van der Waals surface area contributed by atoms with E-state index < -0.39 is 27.9 Å². The van der Waals surface area contributed by atoms with Crippen molar-refractivity contribution in [1.29, 1.82) is 0 Å². The van der Waals surface area contributed by atoms with Gasteiger partial charge in [0.1, 0.15) is 6.04 Å². The van der Waals surface area contributed by atoms with E-state index in [0.717, 1.165) is 0 Å². The molecular formula is C16H21Cl2N3O5S. The van der Waals surface area contributed by atoms with Gasteiger partial charge in [-0.1, -0.05) is 29.3 Å². The van der Waals surface area contributed by atoms with E-state index in [1.807, 2.05) is 0 Å². The van der Waals surface area contributed by atoms with Gasteiger partial charge in [0.05, 0.1) is 34.6 Å². The summed E-state index contributed by atoms with van der Waals surface area (Å²) in [6.45, 7) is 2.77. The number of nitrogens with zero attached hydrogens (tertiary/aromatic N) is 1. The van der Waals surface area contributed by atoms with Crippen molar-refractivity contribution >= 4 is 45.0 Å². The van der Waals surface area contributed by atoms with Crippen LogP contribution in [-0.2, 0) is 19.6 Å². The van der Waals surface area contributed by atoms with Gasteiger partial charge in [-0.15, -0.1) is 0 Å². The average Bonchev–Trinajstić information content (AvgIpc) is 2.64. The van der Waals surface area contributed by atoms with Crippen LogP contribution in [0.5, 0.6) is 0 Å². The molecule has 2 amide bonds. The van der Waals surface area contributed by atoms with Gasteiger partial charge in [0.25, 0.3) is 5.91 Å². The lowest BCUT2D eigenvalue weighted by Gasteiger charge is -2.26. The molecule has 0 aliphatic carbocycles. The van der Waals surface area contributed by atoms with Crippen LogP contribution in [0.3, 0.4) is 0 Å². The predicted molar refractivity (Wildman–Crippen MR) is 103 cm³/mol. The van der Waals surface area contributed by atoms with Crippen molar-refractivity contribution in [3.63, 3.8) is 0 Å². The van der Waals surface area contributed by atoms with Crippen LogP contribution in [-0.4, -0.2) is 69.2 Å². The average molecular weight is 438 g/mol. The summed E-state index contributed by atoms with van der Waals surface area (Å²) < 4.78 is 30.8. The highest BCUT2D eigenvalue weighted by Gasteiger charge is 2.25. The number of hydrogen-bond donors (Lipinski definition) is 2. The van der Waals surface area contributed by atoms with Crippen molar-refractivity contribution in [2.24, 2.45) is 0 Å². The highest BCUT2D eigenvalue weighted by molar-refractivity contribution is 7.89. The first-order chi connectivity index (χ1) is 12.7. The number of rotatable bonds is 7. The lowest BCUT2D eigenvalue weighted by atomic mass is 10.2. The second-order valence-electron chi connectivity index (χ2n) is 5.91. The van der Waals surface area contributed by atoms with Crippen LogP contribution in [0.15, 0.2) is 18.2 Å². The minimum absolute atomic E-state index is 0.0589. The van der Waals surface area contributed by atoms with Gasteiger partial charge in [0.2, 0.25) is 15.9 Å². The molecule has 1 atom stereocenters. The van der Waals surface area contributed by atoms with Crippen LogP contribution in [0.1, 0.15) is 17.3 Å². The molecule has 1 heterocycles. The summed E-state index contributed by atoms with van der Waals surface area (Å²) in [5.74, 6) is -1.27. The third kappa shape index (κ3) is 6.05. The summed E-state index contributed by atoms with van der Waals surface area (Å²) in [6.07, 6.45) is 0. The number of hydrogen-bond acceptors (Lipinski definition) is 5. The zero-order valence-corrected chi connectivity index (χ0v) is 17.0. The molecule has 0 radical (unpaired) electrons. The highest BCUT2D eigenvalue weighted by Crippen LogP contribution is 2.25. The molecule has 0 saturated carbocycles. The Morgan fingerprint density at radius 1 is 1.26 bits per heavy atom. The number of ether oxygens (including phenoxy) is 1. The molecule has 27 heavy (non-hydrogen) atoms. The molecule has 1 aromatic rings. The Labute approximate surface area is 168 Å². The number of carbonyl (C=O) groups is 2. The molecule has 1 unspecified atom stereocenters. The second kappa shape index (κ2) is 9.70. The van der Waals surface area contributed by atoms with Crippen molar-refractivity contribution in [2.45, 2.75) is 13.0 Å². The minimum Gasteiger partial charge on any atom is -0.379 e. The quantitative estimate of drug-likeness (QED) is 0.658. The highest BCUT2D eigenvalue weighted by atomic mass is 35.5. The molecule has 2 rings (SSSR count). The molecule has 0 spiro atoms. The molecule has 1 fully saturated rings. The van der Waals surface area contributed by atoms with E-state index in [4.69, 9.17) is 27.9 Å². The fraction of sp³-hybridized carbons (Fsp3) is 0.500. The van der Waals surface area contributed by atoms with Gasteiger partial charge in [0.15, 0.2) is 0 Å². The summed E-state index contributed by atoms with van der Waals surface area (Å²) in [6, 6.07) is 3.73. The number of carbonyl (C=O) groups excluding carboxylic acids is 2. The van der Waals surface area contributed by atoms with Crippen LogP contribution in [0.4, 0.5) is 0 Å². The van der Waals surface area contributed by atoms with E-state index in [1.54, 1.807) is 12.1 Å². The Morgan fingerprint density at radius 2 is 1.93 bits per heavy atom. The monoisotopic (exact) mass is 437 g/mol. The largest absolute Gasteiger partial charge is 0.379 e. The second-order valence-corrected chi connectivity index (χ2v) is 8.79. The Hall–Kier alpha value is -1.39. The molecule has 1 saturated heterocycles. The summed E-state index contributed by atoms with van der Waals surface area (Å²) in [5, 5.41) is 5.34. The van der Waals surface area contributed by atoms with Crippen molar-refractivity contribution in [3.8, 4) is 0 Å². The van der Waals surface area contributed by atoms with E-state index in [9.17, 15) is 18.0 Å². The third-order valence-corrected chi connectivity index (χ3v) is 6.65. The lowest BCUT2D eigenvalue weighted by Crippen LogP contribution is -2.47. The van der Waals surface area contributed by atoms with Crippen molar-refractivity contribution in [1.82, 2.24) is 14.9 Å². The molecule has 2 N–H and O–H groups in total. The first-order valence-corrected chi connectivity index (χ1v) is 10.7. The smallest absolute Gasteiger partial charge is 0.253 e. The molecule has 0 aromatic heterocycles. The maximum absolute atomic E-state index is 12.2. The standard InChI is InChI=1S/C16H21Cl2N3O5S/c1-11(20-16(23)12-3-2-4-13(17)14(12)18)15(22)19-5-10-27(24,25)21-6-8-26-9-7-21/h2-4,11H,5-10H2,1H3,(H,19,22)(H,20,23). The third-order valence-electron chi connectivity index (χ3n) is 3.96. The SMILES string of the molecule is CC(NC(=O)c1cccc(Cl)c1Cl)C(=O)NCCS(=O)(=O)N1CCOCC1. The van der Waals surface area contributed by atoms with Gasteiger partial charge in [-0.3, -0.25) is 9.59 Å². The zero-order chi connectivity index (χ0) is 20.0. The fourth-order valence-corrected chi connectivity index (χ4v) is 4.14. The first-order valence-electron chi connectivity index (χ1n) is 8.30. The number of nitrogens with one attached hydrogen (secondary N) is 2. The lowest BCUT2D eigenvalue weighted by molar-refractivity contribution is -0.122. The summed E-state index contributed by atoms with van der Waals surface area (Å²) in [4.78, 5) is 24.3. The number of morpholine rings is 1. The Morgan fingerprint density at radius 3 is 2.59 bits per heavy atom. The number of benzene rings is 1. The summed E-state index contributed by atoms with van der Waals surface area (Å²) in [7, 11) is -3.46. The van der Waals surface area contributed by atoms with Crippen LogP contribution >= 0.6 is 23.2 Å². The fourth-order valence-electron chi connectivity index (χ4n) is 2.43. The topological polar surface area (TPSA) is 105 Å². The van der Waals surface area contributed by atoms with Crippen molar-refractivity contribution in [2.75, 3.05) is 38.6 Å². The maximum atomic E-state index is 12.2. The van der Waals surface area contributed by atoms with Crippen LogP contribution in [0.25, 0.3) is 0 Å². The summed E-state index contributed by atoms with van der Waals surface area (Å²) >= 11 is 11.9. The zero-order valence-electron chi connectivity index (χ0n) is 14.7. The Balaban J connectivity index is 1.83. The van der Waals surface area contributed by atoms with Gasteiger partial charge in [0, 0.05) is 19.6 Å². The Bertz CT molecular complexity index is 797. The maximum Gasteiger partial charge on any atom is 0.253 e. The van der Waals surface area contributed by atoms with Crippen LogP contribution < -0.4 is 10.6 Å². The number of halogens is 2. The van der Waals surface area contributed by atoms with Gasteiger partial charge >= 0.3 is 0 Å². The summed E-state index contributed by atoms with van der Waals surface area (Å²) in [5.41, 5.74) is 0.152. The number of sulfonamides is 1. The predicted octanol–water partition coefficient (Wildman–Crippen LogP) is 0.890.